The molecule has 0 spiro atoms. The Labute approximate surface area is 211 Å². The van der Waals surface area contributed by atoms with Gasteiger partial charge in [-0.2, -0.15) is 5.26 Å². The Bertz CT molecular complexity index is 1880. The highest BCUT2D eigenvalue weighted by molar-refractivity contribution is 5.95. The summed E-state index contributed by atoms with van der Waals surface area (Å²) in [5.74, 6) is 0.538. The molecule has 1 aliphatic heterocycles. The minimum atomic E-state index is -2.69. The monoisotopic (exact) mass is 476 g/mol. The molecule has 1 atom stereocenters. The van der Waals surface area contributed by atoms with Gasteiger partial charge in [-0.05, 0) is 58.7 Å². The van der Waals surface area contributed by atoms with Crippen LogP contribution in [0.15, 0.2) is 84.0 Å². The van der Waals surface area contributed by atoms with Crippen LogP contribution >= 0.6 is 0 Å². The smallest absolute Gasteiger partial charge is 0.251 e. The molecule has 3 aromatic carbocycles. The van der Waals surface area contributed by atoms with Crippen molar-refractivity contribution in [3.8, 4) is 22.9 Å². The third-order valence-corrected chi connectivity index (χ3v) is 6.91. The summed E-state index contributed by atoms with van der Waals surface area (Å²) in [7, 11) is 1.84. The number of rotatable bonds is 1. The fraction of sp³-hybridized carbons (Fsp3) is 0.138. The highest BCUT2D eigenvalue weighted by Gasteiger charge is 2.36. The van der Waals surface area contributed by atoms with Gasteiger partial charge in [0.2, 0.25) is 0 Å². The van der Waals surface area contributed by atoms with Crippen LogP contribution in [0, 0.1) is 11.3 Å². The number of nitriles is 1. The molecule has 0 aliphatic carbocycles. The lowest BCUT2D eigenvalue weighted by molar-refractivity contribution is 0.306. The lowest BCUT2D eigenvalue weighted by Gasteiger charge is -2.32. The van der Waals surface area contributed by atoms with E-state index in [4.69, 9.17) is 14.6 Å². The number of benzene rings is 3. The lowest BCUT2D eigenvalue weighted by Crippen LogP contribution is -2.41. The molecule has 2 aromatic heterocycles. The Morgan fingerprint density at radius 1 is 1.14 bits per heavy atom. The molecule has 7 nitrogen and oxygen atoms in total. The van der Waals surface area contributed by atoms with Crippen LogP contribution in [0.25, 0.3) is 22.0 Å². The Balaban J connectivity index is 1.78. The van der Waals surface area contributed by atoms with Gasteiger partial charge >= 0.3 is 0 Å². The third kappa shape index (κ3) is 3.16. The summed E-state index contributed by atoms with van der Waals surface area (Å²) < 4.78 is 32.9. The minimum Gasteiger partial charge on any atom is -0.489 e. The maximum atomic E-state index is 13.2. The molecule has 0 unspecified atom stereocenters. The summed E-state index contributed by atoms with van der Waals surface area (Å²) >= 11 is 0. The number of imidazole rings is 1. The zero-order chi connectivity index (χ0) is 27.5. The fourth-order valence-corrected chi connectivity index (χ4v) is 5.00. The van der Waals surface area contributed by atoms with E-state index in [0.717, 1.165) is 4.57 Å². The largest absolute Gasteiger partial charge is 0.489 e. The van der Waals surface area contributed by atoms with Gasteiger partial charge in [-0.15, -0.1) is 0 Å². The molecule has 0 amide bonds. The van der Waals surface area contributed by atoms with Crippen molar-refractivity contribution in [3.63, 3.8) is 0 Å². The van der Waals surface area contributed by atoms with E-state index in [0.29, 0.717) is 50.2 Å². The van der Waals surface area contributed by atoms with Crippen LogP contribution in [-0.2, 0) is 26.2 Å². The summed E-state index contributed by atoms with van der Waals surface area (Å²) in [6, 6.07) is 21.4. The summed E-state index contributed by atoms with van der Waals surface area (Å²) in [6.07, 6.45) is 3.34. The van der Waals surface area contributed by atoms with Crippen LogP contribution in [0.1, 0.15) is 32.1 Å². The summed E-state index contributed by atoms with van der Waals surface area (Å²) in [6.45, 7) is -2.57. The predicted molar refractivity (Wildman–Crippen MR) is 137 cm³/mol. The Hall–Kier alpha value is -4.67. The predicted octanol–water partition coefficient (Wildman–Crippen LogP) is 3.95. The van der Waals surface area contributed by atoms with Gasteiger partial charge in [0.05, 0.1) is 35.4 Å². The Morgan fingerprint density at radius 3 is 2.75 bits per heavy atom. The van der Waals surface area contributed by atoms with E-state index >= 15 is 0 Å². The van der Waals surface area contributed by atoms with Crippen molar-refractivity contribution in [1.29, 1.82) is 5.26 Å². The summed E-state index contributed by atoms with van der Waals surface area (Å²) in [4.78, 5) is 17.5. The third-order valence-electron chi connectivity index (χ3n) is 6.91. The van der Waals surface area contributed by atoms with E-state index in [1.165, 1.54) is 6.07 Å². The molecule has 0 radical (unpaired) electrons. The number of hydrogen-bond donors (Lipinski definition) is 1. The number of aryl methyl sites for hydroxylation is 2. The lowest BCUT2D eigenvalue weighted by atomic mass is 9.79. The van der Waals surface area contributed by atoms with E-state index in [1.54, 1.807) is 48.9 Å². The molecule has 0 saturated carbocycles. The highest BCUT2D eigenvalue weighted by Crippen LogP contribution is 2.39. The van der Waals surface area contributed by atoms with Crippen molar-refractivity contribution in [2.75, 3.05) is 0 Å². The van der Waals surface area contributed by atoms with Crippen molar-refractivity contribution < 1.29 is 8.85 Å². The van der Waals surface area contributed by atoms with Crippen molar-refractivity contribution in [2.24, 2.45) is 19.8 Å². The van der Waals surface area contributed by atoms with E-state index in [2.05, 4.69) is 11.1 Å². The zero-order valence-electron chi connectivity index (χ0n) is 22.4. The standard InChI is InChI=1S/C29H23N5O2/c1-33-17-32-15-27(33)29(31)21-7-6-19(14-30)20(10-21)16-36-23-5-3-4-18(11-23)24-13-28(35)34(2)26-9-8-22(29)12-25(24)26/h3-13,15,17H,16,31H2,1-2H3/t29-/m0/s1/i2D3. The number of aromatic nitrogens is 3. The van der Waals surface area contributed by atoms with E-state index in [-0.39, 0.29) is 12.1 Å². The van der Waals surface area contributed by atoms with Crippen molar-refractivity contribution in [1.82, 2.24) is 14.1 Å². The SMILES string of the molecule is [2H]C([2H])([2H])n1c(=O)cc2c3cc(ccc31)[C@](N)(c1cncn1C)c1ccc(C#N)c(c1)COc1cccc-2c1. The maximum absolute atomic E-state index is 13.2. The molecule has 6 bridgehead atoms. The van der Waals surface area contributed by atoms with Gasteiger partial charge in [-0.3, -0.25) is 4.79 Å². The van der Waals surface area contributed by atoms with Gasteiger partial charge in [0.25, 0.3) is 5.56 Å². The first-order chi connectivity index (χ1) is 18.6. The number of hydrogen-bond acceptors (Lipinski definition) is 5. The number of ether oxygens (including phenoxy) is 1. The second-order valence-electron chi connectivity index (χ2n) is 8.96. The number of nitrogens with zero attached hydrogens (tertiary/aromatic N) is 4. The van der Waals surface area contributed by atoms with Gasteiger partial charge in [-0.1, -0.05) is 24.3 Å². The first-order valence-corrected chi connectivity index (χ1v) is 11.3. The van der Waals surface area contributed by atoms with Crippen LogP contribution in [0.2, 0.25) is 0 Å². The first kappa shape index (κ1) is 18.6. The van der Waals surface area contributed by atoms with Crippen LogP contribution in [0.5, 0.6) is 5.75 Å². The Kier molecular flexibility index (Phi) is 4.11. The zero-order valence-corrected chi connectivity index (χ0v) is 19.4. The van der Waals surface area contributed by atoms with Gasteiger partial charge < -0.3 is 19.6 Å². The fourth-order valence-electron chi connectivity index (χ4n) is 5.00. The molecule has 36 heavy (non-hydrogen) atoms. The van der Waals surface area contributed by atoms with Gasteiger partial charge in [0.1, 0.15) is 17.9 Å². The average Bonchev–Trinajstić information content (AvgIpc) is 3.35. The molecule has 176 valence electrons. The van der Waals surface area contributed by atoms with Crippen molar-refractivity contribution >= 4 is 10.9 Å². The van der Waals surface area contributed by atoms with Crippen LogP contribution in [0.3, 0.4) is 0 Å². The molecule has 3 heterocycles. The van der Waals surface area contributed by atoms with Crippen molar-refractivity contribution in [2.45, 2.75) is 12.1 Å². The van der Waals surface area contributed by atoms with Crippen molar-refractivity contribution in [3.05, 3.63) is 118 Å². The van der Waals surface area contributed by atoms with Gasteiger partial charge in [0, 0.05) is 35.2 Å². The van der Waals surface area contributed by atoms with Gasteiger partial charge in [-0.25, -0.2) is 4.98 Å². The van der Waals surface area contributed by atoms with E-state index in [1.807, 2.05) is 35.9 Å². The topological polar surface area (TPSA) is 98.9 Å². The molecule has 1 aliphatic rings. The molecular formula is C29H23N5O2. The number of fused-ring (bicyclic) bond motifs is 6. The molecular weight excluding hydrogens is 450 g/mol. The van der Waals surface area contributed by atoms with E-state index < -0.39 is 18.1 Å². The number of nitrogens with two attached hydrogens (primary N) is 1. The Morgan fingerprint density at radius 2 is 1.97 bits per heavy atom. The molecule has 7 heteroatoms. The molecule has 6 rings (SSSR count). The summed E-state index contributed by atoms with van der Waals surface area (Å²) in [5.41, 5.74) is 10.1. The normalized spacial score (nSPS) is 18.1. The second-order valence-corrected chi connectivity index (χ2v) is 8.96. The molecule has 2 N–H and O–H groups in total. The quantitative estimate of drug-likeness (QED) is 0.395. The minimum absolute atomic E-state index is 0.120. The number of pyridine rings is 1. The van der Waals surface area contributed by atoms with Gasteiger partial charge in [0.15, 0.2) is 0 Å². The van der Waals surface area contributed by atoms with Crippen LogP contribution < -0.4 is 16.0 Å². The van der Waals surface area contributed by atoms with Crippen LogP contribution in [-0.4, -0.2) is 14.1 Å². The first-order valence-electron chi connectivity index (χ1n) is 12.8. The molecule has 0 fully saturated rings. The summed E-state index contributed by atoms with van der Waals surface area (Å²) in [5, 5.41) is 10.3. The van der Waals surface area contributed by atoms with E-state index in [9.17, 15) is 10.1 Å². The molecule has 0 saturated heterocycles. The van der Waals surface area contributed by atoms with Crippen LogP contribution in [0.4, 0.5) is 0 Å². The molecule has 5 aromatic rings. The maximum Gasteiger partial charge on any atom is 0.251 e. The average molecular weight is 477 g/mol. The highest BCUT2D eigenvalue weighted by atomic mass is 16.5. The second kappa shape index (κ2) is 7.94.